The standard InChI is InChI=1S/C13H13NO4S.2C2H6/c1-19(16,17)13-8-11(6-7-12(13)15)18-10-4-2-9(14)3-5-10;2*1-2/h2-8,15H,14H2,1H3;2*1-2H3. The minimum atomic E-state index is -3.50. The molecule has 0 bridgehead atoms. The summed E-state index contributed by atoms with van der Waals surface area (Å²) in [5.41, 5.74) is 6.16. The van der Waals surface area contributed by atoms with Crippen LogP contribution in [0.1, 0.15) is 27.7 Å². The number of rotatable bonds is 3. The lowest BCUT2D eigenvalue weighted by Gasteiger charge is -2.08. The highest BCUT2D eigenvalue weighted by atomic mass is 32.2. The Kier molecular flexibility index (Phi) is 8.80. The molecule has 2 aromatic rings. The van der Waals surface area contributed by atoms with Gasteiger partial charge in [-0.05, 0) is 36.4 Å². The molecule has 2 aromatic carbocycles. The molecule has 0 unspecified atom stereocenters. The Labute approximate surface area is 138 Å². The van der Waals surface area contributed by atoms with Crippen molar-refractivity contribution in [3.63, 3.8) is 0 Å². The summed E-state index contributed by atoms with van der Waals surface area (Å²) >= 11 is 0. The normalized spacial score (nSPS) is 9.78. The molecule has 0 spiro atoms. The van der Waals surface area contributed by atoms with E-state index in [2.05, 4.69) is 0 Å². The third-order valence-electron chi connectivity index (χ3n) is 2.45. The number of hydrogen-bond acceptors (Lipinski definition) is 5. The van der Waals surface area contributed by atoms with Gasteiger partial charge in [0, 0.05) is 18.0 Å². The van der Waals surface area contributed by atoms with E-state index < -0.39 is 9.84 Å². The van der Waals surface area contributed by atoms with Gasteiger partial charge in [-0.3, -0.25) is 0 Å². The molecule has 0 atom stereocenters. The van der Waals surface area contributed by atoms with Gasteiger partial charge in [0.15, 0.2) is 9.84 Å². The van der Waals surface area contributed by atoms with Crippen molar-refractivity contribution in [3.8, 4) is 17.2 Å². The Morgan fingerprint density at radius 2 is 1.39 bits per heavy atom. The summed E-state index contributed by atoms with van der Waals surface area (Å²) in [7, 11) is -3.50. The smallest absolute Gasteiger partial charge is 0.179 e. The van der Waals surface area contributed by atoms with Gasteiger partial charge >= 0.3 is 0 Å². The molecule has 0 saturated heterocycles. The van der Waals surface area contributed by atoms with Gasteiger partial charge < -0.3 is 15.6 Å². The van der Waals surface area contributed by atoms with Gasteiger partial charge in [-0.1, -0.05) is 27.7 Å². The van der Waals surface area contributed by atoms with Gasteiger partial charge in [-0.25, -0.2) is 8.42 Å². The molecule has 0 aromatic heterocycles. The lowest BCUT2D eigenvalue weighted by molar-refractivity contribution is 0.449. The first-order chi connectivity index (χ1) is 10.9. The zero-order valence-corrected chi connectivity index (χ0v) is 15.0. The van der Waals surface area contributed by atoms with E-state index in [0.29, 0.717) is 17.2 Å². The monoisotopic (exact) mass is 339 g/mol. The molecule has 0 aliphatic heterocycles. The number of sulfone groups is 1. The molecule has 0 amide bonds. The Balaban J connectivity index is 0.00000112. The van der Waals surface area contributed by atoms with Gasteiger partial charge in [0.1, 0.15) is 22.1 Å². The predicted molar refractivity (Wildman–Crippen MR) is 94.8 cm³/mol. The van der Waals surface area contributed by atoms with Crippen molar-refractivity contribution in [1.29, 1.82) is 0 Å². The molecule has 0 aliphatic carbocycles. The minimum Gasteiger partial charge on any atom is -0.507 e. The van der Waals surface area contributed by atoms with Gasteiger partial charge in [0.05, 0.1) is 0 Å². The van der Waals surface area contributed by atoms with E-state index in [1.165, 1.54) is 18.2 Å². The van der Waals surface area contributed by atoms with Crippen LogP contribution in [-0.4, -0.2) is 19.8 Å². The summed E-state index contributed by atoms with van der Waals surface area (Å²) < 4.78 is 28.4. The van der Waals surface area contributed by atoms with Crippen molar-refractivity contribution < 1.29 is 18.3 Å². The number of phenols is 1. The second kappa shape index (κ2) is 9.74. The zero-order chi connectivity index (χ0) is 18.0. The Hall–Kier alpha value is -2.21. The van der Waals surface area contributed by atoms with Crippen LogP contribution in [0.3, 0.4) is 0 Å². The number of aromatic hydroxyl groups is 1. The Morgan fingerprint density at radius 1 is 0.913 bits per heavy atom. The molecule has 128 valence electrons. The fourth-order valence-electron chi connectivity index (χ4n) is 1.53. The van der Waals surface area contributed by atoms with Crippen LogP contribution in [0.2, 0.25) is 0 Å². The van der Waals surface area contributed by atoms with E-state index >= 15 is 0 Å². The first kappa shape index (κ1) is 20.8. The van der Waals surface area contributed by atoms with Crippen molar-refractivity contribution in [3.05, 3.63) is 42.5 Å². The largest absolute Gasteiger partial charge is 0.507 e. The molecule has 0 heterocycles. The van der Waals surface area contributed by atoms with Crippen molar-refractivity contribution in [1.82, 2.24) is 0 Å². The Morgan fingerprint density at radius 3 is 1.87 bits per heavy atom. The van der Waals surface area contributed by atoms with Gasteiger partial charge in [0.25, 0.3) is 0 Å². The van der Waals surface area contributed by atoms with Crippen LogP contribution in [0.5, 0.6) is 17.2 Å². The molecule has 3 N–H and O–H groups in total. The quantitative estimate of drug-likeness (QED) is 0.817. The molecule has 0 saturated carbocycles. The van der Waals surface area contributed by atoms with Crippen LogP contribution >= 0.6 is 0 Å². The lowest BCUT2D eigenvalue weighted by Crippen LogP contribution is -1.98. The minimum absolute atomic E-state index is 0.166. The van der Waals surface area contributed by atoms with Crippen molar-refractivity contribution in [2.24, 2.45) is 0 Å². The molecule has 23 heavy (non-hydrogen) atoms. The number of nitrogen functional groups attached to an aromatic ring is 1. The number of hydrogen-bond donors (Lipinski definition) is 2. The highest BCUT2D eigenvalue weighted by Gasteiger charge is 2.14. The summed E-state index contributed by atoms with van der Waals surface area (Å²) in [6.45, 7) is 8.00. The molecular formula is C17H25NO4S. The van der Waals surface area contributed by atoms with Crippen LogP contribution in [0.15, 0.2) is 47.4 Å². The van der Waals surface area contributed by atoms with Crippen molar-refractivity contribution in [2.75, 3.05) is 12.0 Å². The molecular weight excluding hydrogens is 314 g/mol. The first-order valence-corrected chi connectivity index (χ1v) is 9.32. The van der Waals surface area contributed by atoms with Crippen LogP contribution in [0, 0.1) is 0 Å². The van der Waals surface area contributed by atoms with Gasteiger partial charge in [0.2, 0.25) is 0 Å². The van der Waals surface area contributed by atoms with Gasteiger partial charge in [-0.2, -0.15) is 0 Å². The molecule has 6 heteroatoms. The third-order valence-corrected chi connectivity index (χ3v) is 3.57. The van der Waals surface area contributed by atoms with Crippen LogP contribution in [-0.2, 0) is 9.84 Å². The number of anilines is 1. The van der Waals surface area contributed by atoms with Crippen LogP contribution < -0.4 is 10.5 Å². The number of nitrogens with two attached hydrogens (primary N) is 1. The molecule has 2 rings (SSSR count). The topological polar surface area (TPSA) is 89.6 Å². The van der Waals surface area contributed by atoms with E-state index in [4.69, 9.17) is 10.5 Å². The highest BCUT2D eigenvalue weighted by molar-refractivity contribution is 7.90. The van der Waals surface area contributed by atoms with Crippen LogP contribution in [0.25, 0.3) is 0 Å². The average molecular weight is 339 g/mol. The van der Waals surface area contributed by atoms with Crippen LogP contribution in [0.4, 0.5) is 5.69 Å². The van der Waals surface area contributed by atoms with Gasteiger partial charge in [-0.15, -0.1) is 0 Å². The average Bonchev–Trinajstić information content (AvgIpc) is 2.54. The maximum absolute atomic E-state index is 11.5. The SMILES string of the molecule is CC.CC.CS(=O)(=O)c1cc(Oc2ccc(N)cc2)ccc1O. The summed E-state index contributed by atoms with van der Waals surface area (Å²) in [5, 5.41) is 9.52. The second-order valence-electron chi connectivity index (χ2n) is 4.07. The maximum atomic E-state index is 11.5. The fourth-order valence-corrected chi connectivity index (χ4v) is 2.31. The van der Waals surface area contributed by atoms with Crippen molar-refractivity contribution in [2.45, 2.75) is 32.6 Å². The number of phenolic OH excluding ortho intramolecular Hbond substituents is 1. The summed E-state index contributed by atoms with van der Waals surface area (Å²) in [5.74, 6) is 0.550. The first-order valence-electron chi connectivity index (χ1n) is 7.43. The molecule has 0 aliphatic rings. The van der Waals surface area contributed by atoms with E-state index in [9.17, 15) is 13.5 Å². The number of benzene rings is 2. The lowest BCUT2D eigenvalue weighted by atomic mass is 10.3. The molecule has 0 fully saturated rings. The summed E-state index contributed by atoms with van der Waals surface area (Å²) in [6.07, 6.45) is 1.02. The number of ether oxygens (including phenoxy) is 1. The fraction of sp³-hybridized carbons (Fsp3) is 0.294. The maximum Gasteiger partial charge on any atom is 0.179 e. The second-order valence-corrected chi connectivity index (χ2v) is 6.06. The van der Waals surface area contributed by atoms with E-state index in [1.807, 2.05) is 27.7 Å². The van der Waals surface area contributed by atoms with Crippen molar-refractivity contribution >= 4 is 15.5 Å². The third kappa shape index (κ3) is 6.61. The highest BCUT2D eigenvalue weighted by Crippen LogP contribution is 2.30. The van der Waals surface area contributed by atoms with E-state index in [-0.39, 0.29) is 10.6 Å². The summed E-state index contributed by atoms with van der Waals surface area (Å²) in [4.78, 5) is -0.166. The van der Waals surface area contributed by atoms with E-state index in [0.717, 1.165) is 6.26 Å². The molecule has 5 nitrogen and oxygen atoms in total. The zero-order valence-electron chi connectivity index (χ0n) is 14.2. The molecule has 0 radical (unpaired) electrons. The Bertz CT molecular complexity index is 695. The van der Waals surface area contributed by atoms with E-state index in [1.54, 1.807) is 24.3 Å². The predicted octanol–water partition coefficient (Wildman–Crippen LogP) is 4.22. The summed E-state index contributed by atoms with van der Waals surface area (Å²) in [6, 6.07) is 10.7.